The van der Waals surface area contributed by atoms with Gasteiger partial charge in [-0.25, -0.2) is 4.79 Å². The fourth-order valence-corrected chi connectivity index (χ4v) is 4.34. The monoisotopic (exact) mass is 505 g/mol. The van der Waals surface area contributed by atoms with Crippen LogP contribution in [0.4, 0.5) is 5.00 Å². The second-order valence-electron chi connectivity index (χ2n) is 6.84. The van der Waals surface area contributed by atoms with Crippen LogP contribution in [0.5, 0.6) is 0 Å². The van der Waals surface area contributed by atoms with Crippen LogP contribution in [0.15, 0.2) is 47.4 Å². The van der Waals surface area contributed by atoms with Gasteiger partial charge in [0.25, 0.3) is 5.56 Å². The van der Waals surface area contributed by atoms with E-state index in [4.69, 9.17) is 33.0 Å². The van der Waals surface area contributed by atoms with Gasteiger partial charge in [-0.1, -0.05) is 23.2 Å². The molecule has 2 heterocycles. The number of pyridine rings is 1. The second-order valence-corrected chi connectivity index (χ2v) is 8.77. The van der Waals surface area contributed by atoms with E-state index in [0.29, 0.717) is 26.7 Å². The van der Waals surface area contributed by atoms with Gasteiger partial charge < -0.3 is 19.7 Å². The Labute approximate surface area is 202 Å². The highest BCUT2D eigenvalue weighted by molar-refractivity contribution is 7.18. The maximum atomic E-state index is 13.0. The van der Waals surface area contributed by atoms with Gasteiger partial charge in [0.1, 0.15) is 10.9 Å². The number of aromatic carboxylic acids is 1. The molecule has 1 atom stereocenters. The van der Waals surface area contributed by atoms with Crippen molar-refractivity contribution in [2.75, 3.05) is 19.0 Å². The number of methoxy groups -OCH3 is 1. The molecule has 3 rings (SSSR count). The van der Waals surface area contributed by atoms with E-state index in [0.717, 1.165) is 11.3 Å². The molecular formula is C22H17Cl2N3O5S. The molecule has 0 aliphatic heterocycles. The molecule has 0 spiro atoms. The molecule has 0 saturated heterocycles. The number of amides is 1. The predicted molar refractivity (Wildman–Crippen MR) is 126 cm³/mol. The lowest BCUT2D eigenvalue weighted by Crippen LogP contribution is -2.33. The lowest BCUT2D eigenvalue weighted by atomic mass is 10.0. The lowest BCUT2D eigenvalue weighted by Gasteiger charge is -2.20. The molecule has 2 N–H and O–H groups in total. The fourth-order valence-electron chi connectivity index (χ4n) is 3.16. The van der Waals surface area contributed by atoms with Crippen LogP contribution >= 0.6 is 34.5 Å². The average Bonchev–Trinajstić information content (AvgIpc) is 3.24. The van der Waals surface area contributed by atoms with E-state index in [-0.39, 0.29) is 22.9 Å². The van der Waals surface area contributed by atoms with Gasteiger partial charge >= 0.3 is 5.97 Å². The molecule has 8 nitrogen and oxygen atoms in total. The number of anilines is 1. The highest BCUT2D eigenvalue weighted by Gasteiger charge is 2.24. The zero-order valence-electron chi connectivity index (χ0n) is 17.2. The summed E-state index contributed by atoms with van der Waals surface area (Å²) in [6.45, 7) is 0.182. The van der Waals surface area contributed by atoms with Crippen LogP contribution in [0.2, 0.25) is 10.0 Å². The fraction of sp³-hybridized carbons (Fsp3) is 0.182. The summed E-state index contributed by atoms with van der Waals surface area (Å²) in [5.74, 6) is -1.63. The lowest BCUT2D eigenvalue weighted by molar-refractivity contribution is -0.119. The van der Waals surface area contributed by atoms with Gasteiger partial charge in [-0.05, 0) is 30.3 Å². The van der Waals surface area contributed by atoms with Gasteiger partial charge in [-0.3, -0.25) is 9.59 Å². The summed E-state index contributed by atoms with van der Waals surface area (Å²) in [6, 6.07) is 9.79. The summed E-state index contributed by atoms with van der Waals surface area (Å²) < 4.78 is 6.27. The van der Waals surface area contributed by atoms with Gasteiger partial charge in [0.2, 0.25) is 5.91 Å². The molecule has 0 aliphatic carbocycles. The Morgan fingerprint density at radius 1 is 1.24 bits per heavy atom. The van der Waals surface area contributed by atoms with Crippen molar-refractivity contribution in [1.82, 2.24) is 4.57 Å². The van der Waals surface area contributed by atoms with E-state index >= 15 is 0 Å². The molecule has 170 valence electrons. The van der Waals surface area contributed by atoms with E-state index < -0.39 is 23.5 Å². The third-order valence-electron chi connectivity index (χ3n) is 4.72. The van der Waals surface area contributed by atoms with Crippen LogP contribution in [0.1, 0.15) is 27.7 Å². The summed E-state index contributed by atoms with van der Waals surface area (Å²) >= 11 is 13.4. The first kappa shape index (κ1) is 24.5. The number of halogens is 2. The summed E-state index contributed by atoms with van der Waals surface area (Å²) in [5.41, 5.74) is 0.482. The molecule has 1 unspecified atom stereocenters. The Morgan fingerprint density at radius 3 is 2.64 bits per heavy atom. The first-order chi connectivity index (χ1) is 15.7. The number of aromatic nitrogens is 1. The number of rotatable bonds is 8. The zero-order chi connectivity index (χ0) is 24.1. The molecule has 11 heteroatoms. The third-order valence-corrected chi connectivity index (χ3v) is 6.25. The van der Waals surface area contributed by atoms with Crippen LogP contribution in [0.3, 0.4) is 0 Å². The molecule has 33 heavy (non-hydrogen) atoms. The number of ether oxygens (including phenoxy) is 1. The van der Waals surface area contributed by atoms with Crippen LogP contribution in [-0.4, -0.2) is 35.3 Å². The van der Waals surface area contributed by atoms with Crippen molar-refractivity contribution in [3.63, 3.8) is 0 Å². The number of nitrogens with one attached hydrogen (secondary N) is 1. The maximum absolute atomic E-state index is 13.0. The van der Waals surface area contributed by atoms with Crippen LogP contribution in [0, 0.1) is 11.3 Å². The Kier molecular flexibility index (Phi) is 7.89. The predicted octanol–water partition coefficient (Wildman–Crippen LogP) is 4.67. The molecule has 0 aliphatic rings. The second kappa shape index (κ2) is 10.6. The Bertz CT molecular complexity index is 1310. The largest absolute Gasteiger partial charge is 0.477 e. The van der Waals surface area contributed by atoms with E-state index in [1.54, 1.807) is 6.07 Å². The van der Waals surface area contributed by atoms with Crippen molar-refractivity contribution in [3.05, 3.63) is 73.4 Å². The molecule has 1 amide bonds. The number of hydrogen-bond acceptors (Lipinski definition) is 6. The van der Waals surface area contributed by atoms with E-state index in [9.17, 15) is 19.6 Å². The summed E-state index contributed by atoms with van der Waals surface area (Å²) in [6.07, 6.45) is 1.49. The van der Waals surface area contributed by atoms with Crippen molar-refractivity contribution in [1.29, 1.82) is 5.26 Å². The van der Waals surface area contributed by atoms with Gasteiger partial charge in [0.05, 0.1) is 21.7 Å². The van der Waals surface area contributed by atoms with Crippen LogP contribution in [-0.2, 0) is 9.53 Å². The topological polar surface area (TPSA) is 121 Å². The first-order valence-corrected chi connectivity index (χ1v) is 11.1. The Balaban J connectivity index is 1.99. The van der Waals surface area contributed by atoms with E-state index in [2.05, 4.69) is 5.32 Å². The summed E-state index contributed by atoms with van der Waals surface area (Å²) in [5, 5.41) is 22.0. The van der Waals surface area contributed by atoms with Crippen molar-refractivity contribution in [2.24, 2.45) is 0 Å². The van der Waals surface area contributed by atoms with Gasteiger partial charge in [0, 0.05) is 48.6 Å². The molecule has 2 aromatic heterocycles. The number of thiophene rings is 1. The number of hydrogen-bond donors (Lipinski definition) is 2. The van der Waals surface area contributed by atoms with Gasteiger partial charge in [0.15, 0.2) is 0 Å². The van der Waals surface area contributed by atoms with Crippen LogP contribution < -0.4 is 10.9 Å². The Morgan fingerprint density at radius 2 is 2.00 bits per heavy atom. The number of carboxylic acid groups (broad SMARTS) is 1. The third kappa shape index (κ3) is 5.61. The molecule has 0 fully saturated rings. The smallest absolute Gasteiger partial charge is 0.345 e. The van der Waals surface area contributed by atoms with Gasteiger partial charge in [-0.15, -0.1) is 11.3 Å². The van der Waals surface area contributed by atoms with Crippen molar-refractivity contribution in [3.8, 4) is 17.2 Å². The molecule has 3 aromatic rings. The highest BCUT2D eigenvalue weighted by atomic mass is 35.5. The number of nitriles is 1. The molecule has 1 aromatic carbocycles. The minimum absolute atomic E-state index is 0.0677. The van der Waals surface area contributed by atoms with Crippen molar-refractivity contribution < 1.29 is 19.4 Å². The minimum atomic E-state index is -1.10. The minimum Gasteiger partial charge on any atom is -0.477 e. The van der Waals surface area contributed by atoms with E-state index in [1.165, 1.54) is 48.2 Å². The van der Waals surface area contributed by atoms with E-state index in [1.807, 2.05) is 6.07 Å². The number of nitrogens with zero attached hydrogens (tertiary/aromatic N) is 2. The van der Waals surface area contributed by atoms with Crippen molar-refractivity contribution >= 4 is 51.4 Å². The standard InChI is InChI=1S/C22H17Cl2N3O5S/c1-32-7-6-17(21(29)26-19-5-4-18(33-19)22(30)31)27-11-16(24)15(9-20(27)28)14-8-13(23)3-2-12(14)10-25/h2-5,8-9,11,17H,6-7H2,1H3,(H,26,29)(H,30,31). The highest BCUT2D eigenvalue weighted by Crippen LogP contribution is 2.32. The summed E-state index contributed by atoms with van der Waals surface area (Å²) in [4.78, 5) is 37.1. The zero-order valence-corrected chi connectivity index (χ0v) is 19.5. The normalized spacial score (nSPS) is 11.6. The summed E-state index contributed by atoms with van der Waals surface area (Å²) in [7, 11) is 1.47. The molecule has 0 radical (unpaired) electrons. The molecular weight excluding hydrogens is 489 g/mol. The molecule has 0 bridgehead atoms. The first-order valence-electron chi connectivity index (χ1n) is 9.49. The number of benzene rings is 1. The number of carbonyl (C=O) groups excluding carboxylic acids is 1. The van der Waals surface area contributed by atoms with Crippen LogP contribution in [0.25, 0.3) is 11.1 Å². The number of carboxylic acids is 1. The van der Waals surface area contributed by atoms with Gasteiger partial charge in [-0.2, -0.15) is 5.26 Å². The number of carbonyl (C=O) groups is 2. The Hall–Kier alpha value is -3.16. The maximum Gasteiger partial charge on any atom is 0.345 e. The average molecular weight is 506 g/mol. The molecule has 0 saturated carbocycles. The van der Waals surface area contributed by atoms with Crippen molar-refractivity contribution in [2.45, 2.75) is 12.5 Å². The SMILES string of the molecule is COCCC(C(=O)Nc1ccc(C(=O)O)s1)n1cc(Cl)c(-c2cc(Cl)ccc2C#N)cc1=O. The quantitative estimate of drug-likeness (QED) is 0.458.